The van der Waals surface area contributed by atoms with Crippen LogP contribution in [0.15, 0.2) is 30.3 Å². The first-order valence-corrected chi connectivity index (χ1v) is 7.51. The Morgan fingerprint density at radius 3 is 2.81 bits per heavy atom. The number of ether oxygens (including phenoxy) is 1. The van der Waals surface area contributed by atoms with E-state index in [1.54, 1.807) is 18.3 Å². The van der Waals surface area contributed by atoms with Gasteiger partial charge in [-0.05, 0) is 24.4 Å². The van der Waals surface area contributed by atoms with Crippen LogP contribution in [-0.4, -0.2) is 23.0 Å². The maximum atomic E-state index is 11.7. The number of aryl methyl sites for hydroxylation is 1. The standard InChI is InChI=1S/C15H12N2O2S2/c1-8-12(15(18)19-2)14(20)17-13(16-8)11-7-9-5-3-4-6-10(9)21-11/h3-7H,1-2H3,(H,16,17,20). The minimum atomic E-state index is -0.468. The summed E-state index contributed by atoms with van der Waals surface area (Å²) in [6.45, 7) is 1.79. The van der Waals surface area contributed by atoms with Crippen LogP contribution in [-0.2, 0) is 4.74 Å². The van der Waals surface area contributed by atoms with Crippen LogP contribution in [0.25, 0.3) is 20.8 Å². The van der Waals surface area contributed by atoms with Gasteiger partial charge < -0.3 is 9.72 Å². The van der Waals surface area contributed by atoms with Crippen molar-refractivity contribution in [1.29, 1.82) is 0 Å². The predicted octanol–water partition coefficient (Wildman–Crippen LogP) is 4.12. The Morgan fingerprint density at radius 1 is 1.38 bits per heavy atom. The molecule has 6 heteroatoms. The first kappa shape index (κ1) is 13.9. The molecule has 0 saturated carbocycles. The highest BCUT2D eigenvalue weighted by Gasteiger charge is 2.15. The molecule has 21 heavy (non-hydrogen) atoms. The number of carbonyl (C=O) groups excluding carboxylic acids is 1. The Morgan fingerprint density at radius 2 is 2.14 bits per heavy atom. The molecule has 0 aliphatic heterocycles. The number of esters is 1. The van der Waals surface area contributed by atoms with Crippen molar-refractivity contribution in [3.8, 4) is 10.7 Å². The van der Waals surface area contributed by atoms with E-state index in [4.69, 9.17) is 17.0 Å². The quantitative estimate of drug-likeness (QED) is 0.571. The minimum Gasteiger partial charge on any atom is -0.465 e. The zero-order chi connectivity index (χ0) is 15.0. The van der Waals surface area contributed by atoms with Crippen LogP contribution in [0, 0.1) is 11.6 Å². The van der Waals surface area contributed by atoms with Gasteiger partial charge in [0.05, 0.1) is 12.0 Å². The zero-order valence-corrected chi connectivity index (χ0v) is 13.1. The van der Waals surface area contributed by atoms with Gasteiger partial charge in [0, 0.05) is 10.4 Å². The second kappa shape index (κ2) is 5.38. The summed E-state index contributed by atoms with van der Waals surface area (Å²) in [5.41, 5.74) is 0.978. The van der Waals surface area contributed by atoms with Gasteiger partial charge in [0.2, 0.25) is 0 Å². The molecule has 0 aliphatic carbocycles. The van der Waals surface area contributed by atoms with E-state index in [1.165, 1.54) is 11.8 Å². The molecule has 0 bridgehead atoms. The van der Waals surface area contributed by atoms with Crippen molar-refractivity contribution < 1.29 is 9.53 Å². The number of H-pyrrole nitrogens is 1. The lowest BCUT2D eigenvalue weighted by Crippen LogP contribution is -2.08. The highest BCUT2D eigenvalue weighted by atomic mass is 32.1. The summed E-state index contributed by atoms with van der Waals surface area (Å²) in [6, 6.07) is 10.2. The van der Waals surface area contributed by atoms with Crippen LogP contribution in [0.4, 0.5) is 0 Å². The van der Waals surface area contributed by atoms with Gasteiger partial charge in [0.25, 0.3) is 0 Å². The molecule has 1 aromatic carbocycles. The molecule has 4 nitrogen and oxygen atoms in total. The van der Waals surface area contributed by atoms with Crippen LogP contribution in [0.5, 0.6) is 0 Å². The topological polar surface area (TPSA) is 55.0 Å². The third-order valence-electron chi connectivity index (χ3n) is 3.16. The highest BCUT2D eigenvalue weighted by Crippen LogP contribution is 2.31. The maximum absolute atomic E-state index is 11.7. The van der Waals surface area contributed by atoms with E-state index in [-0.39, 0.29) is 4.64 Å². The molecule has 0 unspecified atom stereocenters. The number of hydrogen-bond donors (Lipinski definition) is 1. The van der Waals surface area contributed by atoms with E-state index in [2.05, 4.69) is 28.2 Å². The van der Waals surface area contributed by atoms with Gasteiger partial charge in [-0.3, -0.25) is 0 Å². The molecular formula is C15H12N2O2S2. The molecule has 0 spiro atoms. The molecule has 0 aliphatic rings. The third-order valence-corrected chi connectivity index (χ3v) is 4.57. The molecule has 1 N–H and O–H groups in total. The molecule has 2 heterocycles. The van der Waals surface area contributed by atoms with Gasteiger partial charge in [-0.2, -0.15) is 0 Å². The smallest absolute Gasteiger partial charge is 0.342 e. The lowest BCUT2D eigenvalue weighted by atomic mass is 10.2. The molecule has 0 radical (unpaired) electrons. The fourth-order valence-electron chi connectivity index (χ4n) is 2.14. The Balaban J connectivity index is 2.15. The number of carbonyl (C=O) groups is 1. The Hall–Kier alpha value is -2.05. The van der Waals surface area contributed by atoms with Gasteiger partial charge in [-0.1, -0.05) is 30.4 Å². The minimum absolute atomic E-state index is 0.255. The van der Waals surface area contributed by atoms with Crippen LogP contribution in [0.1, 0.15) is 16.1 Å². The van der Waals surface area contributed by atoms with Crippen LogP contribution in [0.2, 0.25) is 0 Å². The van der Waals surface area contributed by atoms with Crippen LogP contribution in [0.3, 0.4) is 0 Å². The summed E-state index contributed by atoms with van der Waals surface area (Å²) < 4.78 is 6.17. The van der Waals surface area contributed by atoms with Crippen molar-refractivity contribution in [2.45, 2.75) is 6.92 Å². The number of nitrogens with one attached hydrogen (secondary N) is 1. The SMILES string of the molecule is COC(=O)c1c(C)[nH]c(-c2cc3ccccc3s2)nc1=S. The van der Waals surface area contributed by atoms with Gasteiger partial charge >= 0.3 is 5.97 Å². The molecule has 0 atom stereocenters. The van der Waals surface area contributed by atoms with Crippen molar-refractivity contribution in [3.63, 3.8) is 0 Å². The van der Waals surface area contributed by atoms with Crippen molar-refractivity contribution >= 4 is 39.6 Å². The number of aromatic nitrogens is 2. The lowest BCUT2D eigenvalue weighted by Gasteiger charge is -2.06. The average Bonchev–Trinajstić information content (AvgIpc) is 2.90. The molecule has 0 saturated heterocycles. The van der Waals surface area contributed by atoms with Crippen molar-refractivity contribution in [2.24, 2.45) is 0 Å². The third kappa shape index (κ3) is 2.48. The van der Waals surface area contributed by atoms with Crippen molar-refractivity contribution in [3.05, 3.63) is 46.2 Å². The molecule has 2 aromatic heterocycles. The van der Waals surface area contributed by atoms with E-state index in [9.17, 15) is 4.79 Å². The monoisotopic (exact) mass is 316 g/mol. The van der Waals surface area contributed by atoms with Gasteiger partial charge in [-0.25, -0.2) is 9.78 Å². The number of thiophene rings is 1. The summed E-state index contributed by atoms with van der Waals surface area (Å²) in [5, 5.41) is 1.16. The molecule has 3 aromatic rings. The molecule has 0 amide bonds. The second-order valence-electron chi connectivity index (χ2n) is 4.53. The normalized spacial score (nSPS) is 10.8. The first-order chi connectivity index (χ1) is 10.1. The zero-order valence-electron chi connectivity index (χ0n) is 11.5. The summed E-state index contributed by atoms with van der Waals surface area (Å²) in [4.78, 5) is 20.2. The molecule has 3 rings (SSSR count). The van der Waals surface area contributed by atoms with E-state index >= 15 is 0 Å². The van der Waals surface area contributed by atoms with Gasteiger partial charge in [0.15, 0.2) is 0 Å². The van der Waals surface area contributed by atoms with E-state index in [1.807, 2.05) is 12.1 Å². The highest BCUT2D eigenvalue weighted by molar-refractivity contribution is 7.71. The number of aromatic amines is 1. The van der Waals surface area contributed by atoms with Gasteiger partial charge in [-0.15, -0.1) is 11.3 Å². The fourth-order valence-corrected chi connectivity index (χ4v) is 3.48. The lowest BCUT2D eigenvalue weighted by molar-refractivity contribution is 0.0598. The predicted molar refractivity (Wildman–Crippen MR) is 86.3 cm³/mol. The fraction of sp³-hybridized carbons (Fsp3) is 0.133. The second-order valence-corrected chi connectivity index (χ2v) is 6.00. The number of fused-ring (bicyclic) bond motifs is 1. The van der Waals surface area contributed by atoms with Crippen molar-refractivity contribution in [1.82, 2.24) is 9.97 Å². The first-order valence-electron chi connectivity index (χ1n) is 6.28. The number of rotatable bonds is 2. The molecular weight excluding hydrogens is 304 g/mol. The van der Waals surface area contributed by atoms with Crippen LogP contribution < -0.4 is 0 Å². The largest absolute Gasteiger partial charge is 0.465 e. The number of hydrogen-bond acceptors (Lipinski definition) is 5. The average molecular weight is 316 g/mol. The Labute approximate surface area is 130 Å². The number of benzene rings is 1. The summed E-state index contributed by atoms with van der Waals surface area (Å²) in [7, 11) is 1.33. The van der Waals surface area contributed by atoms with Crippen LogP contribution >= 0.6 is 23.6 Å². The summed E-state index contributed by atoms with van der Waals surface area (Å²) in [5.74, 6) is 0.204. The van der Waals surface area contributed by atoms with E-state index in [0.717, 1.165) is 10.3 Å². The Bertz CT molecular complexity index is 863. The molecule has 0 fully saturated rings. The number of nitrogens with zero attached hydrogens (tertiary/aromatic N) is 1. The molecule has 106 valence electrons. The summed E-state index contributed by atoms with van der Waals surface area (Å²) >= 11 is 6.85. The maximum Gasteiger partial charge on any atom is 0.342 e. The van der Waals surface area contributed by atoms with E-state index < -0.39 is 5.97 Å². The number of methoxy groups -OCH3 is 1. The van der Waals surface area contributed by atoms with E-state index in [0.29, 0.717) is 17.1 Å². The Kier molecular flexibility index (Phi) is 3.57. The van der Waals surface area contributed by atoms with Crippen molar-refractivity contribution in [2.75, 3.05) is 7.11 Å². The summed E-state index contributed by atoms with van der Waals surface area (Å²) in [6.07, 6.45) is 0. The van der Waals surface area contributed by atoms with Gasteiger partial charge in [0.1, 0.15) is 16.0 Å².